The maximum atomic E-state index is 10.7. The highest BCUT2D eigenvalue weighted by molar-refractivity contribution is 5.76. The lowest BCUT2D eigenvalue weighted by atomic mass is 10.0. The van der Waals surface area contributed by atoms with Gasteiger partial charge in [0.2, 0.25) is 0 Å². The summed E-state index contributed by atoms with van der Waals surface area (Å²) in [6.45, 7) is 0. The summed E-state index contributed by atoms with van der Waals surface area (Å²) in [5.41, 5.74) is 3.84. The number of hydrogen-bond donors (Lipinski definition) is 0. The Bertz CT molecular complexity index is 570. The van der Waals surface area contributed by atoms with Gasteiger partial charge in [0.15, 0.2) is 6.29 Å². The molecule has 0 bridgehead atoms. The van der Waals surface area contributed by atoms with E-state index >= 15 is 0 Å². The second kappa shape index (κ2) is 3.80. The van der Waals surface area contributed by atoms with Crippen LogP contribution in [0.5, 0.6) is 0 Å². The van der Waals surface area contributed by atoms with Gasteiger partial charge in [0.25, 0.3) is 0 Å². The highest BCUT2D eigenvalue weighted by Crippen LogP contribution is 2.43. The molecule has 1 fully saturated rings. The molecule has 3 rings (SSSR count). The third-order valence-corrected chi connectivity index (χ3v) is 3.17. The van der Waals surface area contributed by atoms with E-state index in [9.17, 15) is 4.79 Å². The van der Waals surface area contributed by atoms with Crippen LogP contribution in [-0.4, -0.2) is 21.1 Å². The molecule has 2 heterocycles. The number of aryl methyl sites for hydroxylation is 1. The molecule has 17 heavy (non-hydrogen) atoms. The minimum absolute atomic E-state index is 0.466. The fraction of sp³-hybridized carbons (Fsp3) is 0.308. The number of rotatable bonds is 3. The topological polar surface area (TPSA) is 47.8 Å². The molecule has 0 aliphatic heterocycles. The van der Waals surface area contributed by atoms with Gasteiger partial charge < -0.3 is 0 Å². The molecule has 0 saturated heterocycles. The van der Waals surface area contributed by atoms with Crippen LogP contribution in [0.2, 0.25) is 0 Å². The van der Waals surface area contributed by atoms with Crippen molar-refractivity contribution in [3.05, 3.63) is 35.8 Å². The Hall–Kier alpha value is -1.97. The third kappa shape index (κ3) is 1.75. The Morgan fingerprint density at radius 3 is 2.94 bits per heavy atom. The molecular formula is C13H13N3O. The molecule has 0 radical (unpaired) electrons. The van der Waals surface area contributed by atoms with Gasteiger partial charge in [-0.05, 0) is 36.5 Å². The first-order valence-corrected chi connectivity index (χ1v) is 5.73. The SMILES string of the molecule is Cn1nc(C=O)cc1-c1cnccc1C1CC1. The maximum Gasteiger partial charge on any atom is 0.170 e. The average molecular weight is 227 g/mol. The Morgan fingerprint density at radius 2 is 2.29 bits per heavy atom. The Balaban J connectivity index is 2.13. The van der Waals surface area contributed by atoms with Crippen molar-refractivity contribution in [1.82, 2.24) is 14.8 Å². The van der Waals surface area contributed by atoms with Gasteiger partial charge in [-0.2, -0.15) is 5.10 Å². The minimum Gasteiger partial charge on any atom is -0.296 e. The van der Waals surface area contributed by atoms with Crippen molar-refractivity contribution in [3.63, 3.8) is 0 Å². The number of aldehydes is 1. The van der Waals surface area contributed by atoms with Crippen molar-refractivity contribution < 1.29 is 4.79 Å². The normalized spacial score (nSPS) is 14.9. The van der Waals surface area contributed by atoms with Crippen molar-refractivity contribution in [1.29, 1.82) is 0 Å². The summed E-state index contributed by atoms with van der Waals surface area (Å²) in [5, 5.41) is 4.15. The quantitative estimate of drug-likeness (QED) is 0.755. The largest absolute Gasteiger partial charge is 0.296 e. The molecule has 1 aliphatic rings. The zero-order valence-corrected chi connectivity index (χ0v) is 9.63. The van der Waals surface area contributed by atoms with Gasteiger partial charge in [0.1, 0.15) is 5.69 Å². The van der Waals surface area contributed by atoms with Gasteiger partial charge in [-0.15, -0.1) is 0 Å². The minimum atomic E-state index is 0.466. The third-order valence-electron chi connectivity index (χ3n) is 3.17. The summed E-state index contributed by atoms with van der Waals surface area (Å²) < 4.78 is 1.74. The molecule has 0 unspecified atom stereocenters. The van der Waals surface area contributed by atoms with Crippen molar-refractivity contribution in [2.24, 2.45) is 7.05 Å². The second-order valence-corrected chi connectivity index (χ2v) is 4.43. The zero-order chi connectivity index (χ0) is 11.8. The van der Waals surface area contributed by atoms with E-state index in [-0.39, 0.29) is 0 Å². The molecule has 0 atom stereocenters. The number of pyridine rings is 1. The lowest BCUT2D eigenvalue weighted by molar-refractivity contribution is 0.111. The predicted octanol–water partition coefficient (Wildman–Crippen LogP) is 2.17. The molecule has 0 N–H and O–H groups in total. The number of nitrogens with zero attached hydrogens (tertiary/aromatic N) is 3. The summed E-state index contributed by atoms with van der Waals surface area (Å²) in [6, 6.07) is 3.89. The number of aromatic nitrogens is 3. The lowest BCUT2D eigenvalue weighted by Gasteiger charge is -2.07. The molecular weight excluding hydrogens is 214 g/mol. The summed E-state index contributed by atoms with van der Waals surface area (Å²) >= 11 is 0. The molecule has 86 valence electrons. The summed E-state index contributed by atoms with van der Waals surface area (Å²) in [6.07, 6.45) is 6.95. The molecule has 1 aliphatic carbocycles. The summed E-state index contributed by atoms with van der Waals surface area (Å²) in [4.78, 5) is 14.9. The van der Waals surface area contributed by atoms with Crippen LogP contribution in [-0.2, 0) is 7.05 Å². The van der Waals surface area contributed by atoms with Gasteiger partial charge in [-0.1, -0.05) is 0 Å². The molecule has 0 spiro atoms. The molecule has 2 aromatic heterocycles. The first-order chi connectivity index (χ1) is 8.29. The van der Waals surface area contributed by atoms with Gasteiger partial charge in [-0.25, -0.2) is 0 Å². The van der Waals surface area contributed by atoms with Crippen LogP contribution in [0.15, 0.2) is 24.5 Å². The van der Waals surface area contributed by atoms with E-state index in [0.29, 0.717) is 11.6 Å². The predicted molar refractivity (Wildman–Crippen MR) is 63.8 cm³/mol. The van der Waals surface area contributed by atoms with Gasteiger partial charge in [0, 0.05) is 25.0 Å². The van der Waals surface area contributed by atoms with E-state index in [1.807, 2.05) is 25.5 Å². The fourth-order valence-corrected chi connectivity index (χ4v) is 2.17. The van der Waals surface area contributed by atoms with Gasteiger partial charge in [0.05, 0.1) is 5.69 Å². The van der Waals surface area contributed by atoms with Crippen LogP contribution in [0.3, 0.4) is 0 Å². The Labute approximate surface area is 99.3 Å². The van der Waals surface area contributed by atoms with Crippen LogP contribution in [0.1, 0.15) is 34.8 Å². The molecule has 4 nitrogen and oxygen atoms in total. The second-order valence-electron chi connectivity index (χ2n) is 4.43. The van der Waals surface area contributed by atoms with Crippen LogP contribution in [0, 0.1) is 0 Å². The Kier molecular flexibility index (Phi) is 2.28. The van der Waals surface area contributed by atoms with E-state index in [0.717, 1.165) is 17.5 Å². The highest BCUT2D eigenvalue weighted by Gasteiger charge is 2.27. The average Bonchev–Trinajstić information content (AvgIpc) is 3.13. The first kappa shape index (κ1) is 10.2. The van der Waals surface area contributed by atoms with Crippen molar-refractivity contribution in [2.75, 3.05) is 0 Å². The number of carbonyl (C=O) groups excluding carboxylic acids is 1. The fourth-order valence-electron chi connectivity index (χ4n) is 2.17. The molecule has 4 heteroatoms. The lowest BCUT2D eigenvalue weighted by Crippen LogP contribution is -1.97. The van der Waals surface area contributed by atoms with Crippen LogP contribution in [0.25, 0.3) is 11.3 Å². The standard InChI is InChI=1S/C13H13N3O/c1-16-13(6-10(8-17)15-16)12-7-14-5-4-11(12)9-2-3-9/h4-9H,2-3H2,1H3. The van der Waals surface area contributed by atoms with E-state index in [4.69, 9.17) is 0 Å². The van der Waals surface area contributed by atoms with E-state index in [1.54, 1.807) is 4.68 Å². The molecule has 0 amide bonds. The van der Waals surface area contributed by atoms with E-state index in [2.05, 4.69) is 16.1 Å². The Morgan fingerprint density at radius 1 is 1.47 bits per heavy atom. The number of hydrogen-bond acceptors (Lipinski definition) is 3. The van der Waals surface area contributed by atoms with E-state index in [1.165, 1.54) is 18.4 Å². The van der Waals surface area contributed by atoms with Crippen molar-refractivity contribution in [3.8, 4) is 11.3 Å². The monoisotopic (exact) mass is 227 g/mol. The molecule has 1 saturated carbocycles. The smallest absolute Gasteiger partial charge is 0.170 e. The van der Waals surface area contributed by atoms with Gasteiger partial charge >= 0.3 is 0 Å². The molecule has 0 aromatic carbocycles. The van der Waals surface area contributed by atoms with E-state index < -0.39 is 0 Å². The zero-order valence-electron chi connectivity index (χ0n) is 9.63. The van der Waals surface area contributed by atoms with Crippen LogP contribution in [0.4, 0.5) is 0 Å². The van der Waals surface area contributed by atoms with Crippen molar-refractivity contribution in [2.45, 2.75) is 18.8 Å². The first-order valence-electron chi connectivity index (χ1n) is 5.73. The highest BCUT2D eigenvalue weighted by atomic mass is 16.1. The number of carbonyl (C=O) groups is 1. The van der Waals surface area contributed by atoms with Crippen molar-refractivity contribution >= 4 is 6.29 Å². The van der Waals surface area contributed by atoms with Crippen LogP contribution >= 0.6 is 0 Å². The van der Waals surface area contributed by atoms with Crippen LogP contribution < -0.4 is 0 Å². The molecule has 2 aromatic rings. The summed E-state index contributed by atoms with van der Waals surface area (Å²) in [7, 11) is 1.85. The maximum absolute atomic E-state index is 10.7. The van der Waals surface area contributed by atoms with Gasteiger partial charge in [-0.3, -0.25) is 14.5 Å². The summed E-state index contributed by atoms with van der Waals surface area (Å²) in [5.74, 6) is 0.655.